The lowest BCUT2D eigenvalue weighted by molar-refractivity contribution is 0.0999. The minimum Gasteiger partial charge on any atom is -0.392 e. The molecule has 0 saturated carbocycles. The zero-order valence-electron chi connectivity index (χ0n) is 17.7. The molecular formula is C25H27N3O3. The molecule has 1 aliphatic heterocycles. The summed E-state index contributed by atoms with van der Waals surface area (Å²) in [5.74, 6) is -0.255. The Balaban J connectivity index is 1.47. The molecule has 6 nitrogen and oxygen atoms in total. The highest BCUT2D eigenvalue weighted by Gasteiger charge is 2.28. The number of carbonyl (C=O) groups excluding carboxylic acids is 1. The molecule has 0 radical (unpaired) electrons. The average molecular weight is 418 g/mol. The van der Waals surface area contributed by atoms with Gasteiger partial charge in [0.2, 0.25) is 0 Å². The van der Waals surface area contributed by atoms with Gasteiger partial charge in [-0.05, 0) is 54.4 Å². The first-order valence-corrected chi connectivity index (χ1v) is 10.9. The van der Waals surface area contributed by atoms with Gasteiger partial charge in [-0.1, -0.05) is 36.4 Å². The molecule has 0 spiro atoms. The van der Waals surface area contributed by atoms with E-state index in [0.717, 1.165) is 49.7 Å². The zero-order chi connectivity index (χ0) is 21.7. The molecule has 2 aromatic carbocycles. The maximum absolute atomic E-state index is 12.9. The molecule has 0 bridgehead atoms. The Kier molecular flexibility index (Phi) is 4.82. The number of fused-ring (bicyclic) bond motifs is 2. The topological polar surface area (TPSA) is 88.6 Å². The third-order valence-electron chi connectivity index (χ3n) is 6.95. The van der Waals surface area contributed by atoms with Gasteiger partial charge < -0.3 is 20.3 Å². The number of anilines is 1. The fourth-order valence-electron chi connectivity index (χ4n) is 5.34. The van der Waals surface area contributed by atoms with Crippen LogP contribution in [-0.4, -0.2) is 34.8 Å². The molecule has 31 heavy (non-hydrogen) atoms. The van der Waals surface area contributed by atoms with Crippen molar-refractivity contribution in [1.82, 2.24) is 4.57 Å². The van der Waals surface area contributed by atoms with Crippen molar-refractivity contribution in [2.24, 2.45) is 12.8 Å². The molecule has 3 aromatic rings. The third-order valence-corrected chi connectivity index (χ3v) is 6.95. The molecule has 3 N–H and O–H groups in total. The first-order valence-electron chi connectivity index (χ1n) is 10.9. The monoisotopic (exact) mass is 417 g/mol. The highest BCUT2D eigenvalue weighted by atomic mass is 16.3. The number of pyridine rings is 1. The van der Waals surface area contributed by atoms with E-state index in [9.17, 15) is 14.7 Å². The van der Waals surface area contributed by atoms with Gasteiger partial charge in [-0.25, -0.2) is 0 Å². The van der Waals surface area contributed by atoms with Crippen molar-refractivity contribution in [3.05, 3.63) is 75.1 Å². The van der Waals surface area contributed by atoms with Crippen LogP contribution in [0.25, 0.3) is 10.9 Å². The van der Waals surface area contributed by atoms with Gasteiger partial charge in [0.25, 0.3) is 11.5 Å². The van der Waals surface area contributed by atoms with Gasteiger partial charge in [-0.2, -0.15) is 0 Å². The summed E-state index contributed by atoms with van der Waals surface area (Å²) in [6, 6.07) is 14.3. The predicted molar refractivity (Wildman–Crippen MR) is 122 cm³/mol. The van der Waals surface area contributed by atoms with Crippen LogP contribution < -0.4 is 16.2 Å². The van der Waals surface area contributed by atoms with E-state index >= 15 is 0 Å². The quantitative estimate of drug-likeness (QED) is 0.685. The van der Waals surface area contributed by atoms with Crippen LogP contribution in [0.1, 0.15) is 45.8 Å². The molecular weight excluding hydrogens is 390 g/mol. The van der Waals surface area contributed by atoms with Crippen molar-refractivity contribution in [3.63, 3.8) is 0 Å². The van der Waals surface area contributed by atoms with Crippen molar-refractivity contribution >= 4 is 22.5 Å². The van der Waals surface area contributed by atoms with Gasteiger partial charge in [0.15, 0.2) is 0 Å². The Hall–Kier alpha value is -3.12. The highest BCUT2D eigenvalue weighted by molar-refractivity contribution is 6.06. The number of nitrogens with zero attached hydrogens (tertiary/aromatic N) is 2. The fraction of sp³-hybridized carbons (Fsp3) is 0.360. The number of aliphatic hydroxyl groups excluding tert-OH is 1. The number of para-hydroxylation sites is 1. The number of hydrogen-bond donors (Lipinski definition) is 2. The van der Waals surface area contributed by atoms with Crippen LogP contribution in [0.3, 0.4) is 0 Å². The number of primary amides is 1. The van der Waals surface area contributed by atoms with Gasteiger partial charge in [0.1, 0.15) is 5.56 Å². The minimum absolute atomic E-state index is 0.0752. The van der Waals surface area contributed by atoms with Crippen LogP contribution in [0.5, 0.6) is 0 Å². The lowest BCUT2D eigenvalue weighted by atomic mass is 9.87. The number of piperidine rings is 1. The van der Waals surface area contributed by atoms with E-state index in [2.05, 4.69) is 23.1 Å². The van der Waals surface area contributed by atoms with Gasteiger partial charge in [-0.3, -0.25) is 9.59 Å². The second-order valence-corrected chi connectivity index (χ2v) is 8.82. The highest BCUT2D eigenvalue weighted by Crippen LogP contribution is 2.36. The van der Waals surface area contributed by atoms with Crippen LogP contribution >= 0.6 is 0 Å². The summed E-state index contributed by atoms with van der Waals surface area (Å²) in [6.45, 7) is 1.50. The number of rotatable bonds is 3. The first kappa shape index (κ1) is 19.8. The molecule has 1 aromatic heterocycles. The number of amides is 1. The van der Waals surface area contributed by atoms with Gasteiger partial charge in [0.05, 0.1) is 17.3 Å². The van der Waals surface area contributed by atoms with Crippen LogP contribution in [-0.2, 0) is 19.9 Å². The summed E-state index contributed by atoms with van der Waals surface area (Å²) in [5.41, 5.74) is 10.7. The fourth-order valence-corrected chi connectivity index (χ4v) is 5.34. The zero-order valence-corrected chi connectivity index (χ0v) is 17.7. The maximum atomic E-state index is 12.9. The second kappa shape index (κ2) is 7.54. The van der Waals surface area contributed by atoms with E-state index in [1.54, 1.807) is 7.05 Å². The Morgan fingerprint density at radius 3 is 2.52 bits per heavy atom. The van der Waals surface area contributed by atoms with Crippen molar-refractivity contribution in [2.75, 3.05) is 18.0 Å². The summed E-state index contributed by atoms with van der Waals surface area (Å²) < 4.78 is 1.50. The molecule has 160 valence electrons. The van der Waals surface area contributed by atoms with Crippen molar-refractivity contribution < 1.29 is 9.90 Å². The van der Waals surface area contributed by atoms with Crippen LogP contribution in [0.2, 0.25) is 0 Å². The normalized spacial score (nSPS) is 19.0. The molecule has 5 rings (SSSR count). The van der Waals surface area contributed by atoms with E-state index in [0.29, 0.717) is 11.6 Å². The number of hydrogen-bond acceptors (Lipinski definition) is 4. The molecule has 1 atom stereocenters. The Morgan fingerprint density at radius 1 is 1.06 bits per heavy atom. The second-order valence-electron chi connectivity index (χ2n) is 8.82. The summed E-state index contributed by atoms with van der Waals surface area (Å²) in [4.78, 5) is 27.3. The minimum atomic E-state index is -0.680. The molecule has 1 unspecified atom stereocenters. The third kappa shape index (κ3) is 3.31. The van der Waals surface area contributed by atoms with E-state index in [4.69, 9.17) is 5.73 Å². The number of aryl methyl sites for hydroxylation is 1. The van der Waals surface area contributed by atoms with Crippen LogP contribution in [0, 0.1) is 0 Å². The smallest absolute Gasteiger partial charge is 0.265 e. The number of benzene rings is 2. The van der Waals surface area contributed by atoms with Crippen LogP contribution in [0.15, 0.2) is 47.3 Å². The van der Waals surface area contributed by atoms with Crippen molar-refractivity contribution in [3.8, 4) is 0 Å². The van der Waals surface area contributed by atoms with E-state index in [-0.39, 0.29) is 17.2 Å². The largest absolute Gasteiger partial charge is 0.392 e. The van der Waals surface area contributed by atoms with Crippen molar-refractivity contribution in [2.45, 2.75) is 37.7 Å². The molecule has 1 fully saturated rings. The summed E-state index contributed by atoms with van der Waals surface area (Å²) in [5, 5.41) is 10.8. The lowest BCUT2D eigenvalue weighted by Crippen LogP contribution is -2.38. The average Bonchev–Trinajstić information content (AvgIpc) is 3.15. The Bertz CT molecular complexity index is 1240. The number of aliphatic hydroxyl groups is 1. The van der Waals surface area contributed by atoms with E-state index in [1.165, 1.54) is 21.3 Å². The SMILES string of the molecule is Cn1c(=O)c(C(N)=O)c(N2CCC(c3ccc4c(c3)CC(O)C4)CC2)c2ccccc21. The molecule has 2 aliphatic rings. The Morgan fingerprint density at radius 2 is 1.77 bits per heavy atom. The molecule has 2 heterocycles. The summed E-state index contributed by atoms with van der Waals surface area (Å²) >= 11 is 0. The standard InChI is InChI=1S/C25H27N3O3/c1-27-21-5-3-2-4-20(21)23(22(24(26)30)25(27)31)28-10-8-15(9-11-28)16-6-7-17-13-19(29)14-18(17)12-16/h2-7,12,15,19,29H,8-11,13-14H2,1H3,(H2,26,30). The van der Waals surface area contributed by atoms with Crippen molar-refractivity contribution in [1.29, 1.82) is 0 Å². The van der Waals surface area contributed by atoms with Gasteiger partial charge in [0, 0.05) is 25.5 Å². The van der Waals surface area contributed by atoms with Gasteiger partial charge >= 0.3 is 0 Å². The number of aromatic nitrogens is 1. The van der Waals surface area contributed by atoms with E-state index in [1.807, 2.05) is 24.3 Å². The lowest BCUT2D eigenvalue weighted by Gasteiger charge is -2.35. The van der Waals surface area contributed by atoms with E-state index < -0.39 is 5.91 Å². The molecule has 1 saturated heterocycles. The first-order chi connectivity index (χ1) is 14.9. The molecule has 6 heteroatoms. The predicted octanol–water partition coefficient (Wildman–Crippen LogP) is 2.48. The summed E-state index contributed by atoms with van der Waals surface area (Å²) in [7, 11) is 1.68. The van der Waals surface area contributed by atoms with Crippen LogP contribution in [0.4, 0.5) is 5.69 Å². The number of nitrogens with two attached hydrogens (primary N) is 1. The Labute approximate surface area is 180 Å². The molecule has 1 amide bonds. The number of carbonyl (C=O) groups is 1. The van der Waals surface area contributed by atoms with Gasteiger partial charge in [-0.15, -0.1) is 0 Å². The maximum Gasteiger partial charge on any atom is 0.265 e. The summed E-state index contributed by atoms with van der Waals surface area (Å²) in [6.07, 6.45) is 3.10. The molecule has 1 aliphatic carbocycles.